The molecular formula is C9H22N2. The second kappa shape index (κ2) is 6.62. The molecule has 2 N–H and O–H groups in total. The Morgan fingerprint density at radius 2 is 2.00 bits per heavy atom. The third-order valence-corrected chi connectivity index (χ3v) is 2.16. The van der Waals surface area contributed by atoms with Crippen LogP contribution in [0, 0.1) is 5.92 Å². The third kappa shape index (κ3) is 5.22. The zero-order valence-corrected chi connectivity index (χ0v) is 8.14. The van der Waals surface area contributed by atoms with E-state index in [9.17, 15) is 0 Å². The SMILES string of the molecule is CC[C@@H](C)CN(CC)CCN. The molecule has 0 aromatic rings. The van der Waals surface area contributed by atoms with Gasteiger partial charge in [-0.05, 0) is 12.5 Å². The predicted octanol–water partition coefficient (Wildman–Crippen LogP) is 1.31. The van der Waals surface area contributed by atoms with E-state index < -0.39 is 0 Å². The van der Waals surface area contributed by atoms with Gasteiger partial charge in [0.15, 0.2) is 0 Å². The van der Waals surface area contributed by atoms with Crippen molar-refractivity contribution in [2.75, 3.05) is 26.2 Å². The molecule has 0 aromatic heterocycles. The normalized spacial score (nSPS) is 13.9. The first-order chi connectivity index (χ1) is 5.24. The fourth-order valence-corrected chi connectivity index (χ4v) is 1.13. The Labute approximate surface area is 70.8 Å². The first-order valence-corrected chi connectivity index (χ1v) is 4.66. The van der Waals surface area contributed by atoms with Crippen molar-refractivity contribution >= 4 is 0 Å². The lowest BCUT2D eigenvalue weighted by atomic mass is 10.1. The summed E-state index contributed by atoms with van der Waals surface area (Å²) in [4.78, 5) is 2.41. The fraction of sp³-hybridized carbons (Fsp3) is 1.00. The van der Waals surface area contributed by atoms with E-state index in [1.165, 1.54) is 13.0 Å². The Morgan fingerprint density at radius 3 is 2.36 bits per heavy atom. The van der Waals surface area contributed by atoms with Crippen LogP contribution in [0.1, 0.15) is 27.2 Å². The molecule has 0 saturated heterocycles. The second-order valence-electron chi connectivity index (χ2n) is 3.20. The Kier molecular flexibility index (Phi) is 6.57. The van der Waals surface area contributed by atoms with Gasteiger partial charge in [0.25, 0.3) is 0 Å². The Bertz CT molecular complexity index is 83.6. The van der Waals surface area contributed by atoms with E-state index >= 15 is 0 Å². The van der Waals surface area contributed by atoms with Crippen LogP contribution in [-0.4, -0.2) is 31.1 Å². The molecule has 0 aliphatic rings. The lowest BCUT2D eigenvalue weighted by Gasteiger charge is -2.22. The van der Waals surface area contributed by atoms with E-state index in [1.807, 2.05) is 0 Å². The molecule has 0 amide bonds. The smallest absolute Gasteiger partial charge is 0.0105 e. The molecule has 0 unspecified atom stereocenters. The summed E-state index contributed by atoms with van der Waals surface area (Å²) in [6.45, 7) is 10.9. The average molecular weight is 158 g/mol. The molecule has 68 valence electrons. The van der Waals surface area contributed by atoms with Crippen molar-refractivity contribution in [1.29, 1.82) is 0 Å². The predicted molar refractivity (Wildman–Crippen MR) is 50.6 cm³/mol. The molecule has 0 aliphatic heterocycles. The third-order valence-electron chi connectivity index (χ3n) is 2.16. The van der Waals surface area contributed by atoms with Crippen molar-refractivity contribution in [3.8, 4) is 0 Å². The highest BCUT2D eigenvalue weighted by molar-refractivity contribution is 4.60. The number of nitrogens with zero attached hydrogens (tertiary/aromatic N) is 1. The lowest BCUT2D eigenvalue weighted by Crippen LogP contribution is -2.32. The zero-order valence-electron chi connectivity index (χ0n) is 8.14. The van der Waals surface area contributed by atoms with Crippen LogP contribution in [0.15, 0.2) is 0 Å². The maximum atomic E-state index is 5.48. The minimum absolute atomic E-state index is 0.782. The second-order valence-corrected chi connectivity index (χ2v) is 3.20. The Morgan fingerprint density at radius 1 is 1.36 bits per heavy atom. The highest BCUT2D eigenvalue weighted by atomic mass is 15.1. The number of hydrogen-bond acceptors (Lipinski definition) is 2. The van der Waals surface area contributed by atoms with Gasteiger partial charge >= 0.3 is 0 Å². The van der Waals surface area contributed by atoms with Crippen molar-refractivity contribution in [2.45, 2.75) is 27.2 Å². The number of rotatable bonds is 6. The minimum atomic E-state index is 0.782. The lowest BCUT2D eigenvalue weighted by molar-refractivity contribution is 0.252. The molecule has 0 saturated carbocycles. The quantitative estimate of drug-likeness (QED) is 0.631. The standard InChI is InChI=1S/C9H22N2/c1-4-9(3)8-11(5-2)7-6-10/h9H,4-8,10H2,1-3H3/t9-/m1/s1. The van der Waals surface area contributed by atoms with Gasteiger partial charge in [-0.25, -0.2) is 0 Å². The van der Waals surface area contributed by atoms with Gasteiger partial charge in [0.1, 0.15) is 0 Å². The first-order valence-electron chi connectivity index (χ1n) is 4.66. The highest BCUT2D eigenvalue weighted by Gasteiger charge is 2.04. The van der Waals surface area contributed by atoms with Gasteiger partial charge in [0.05, 0.1) is 0 Å². The molecule has 0 fully saturated rings. The van der Waals surface area contributed by atoms with Gasteiger partial charge in [0.2, 0.25) is 0 Å². The summed E-state index contributed by atoms with van der Waals surface area (Å²) in [6, 6.07) is 0. The van der Waals surface area contributed by atoms with Crippen LogP contribution in [-0.2, 0) is 0 Å². The largest absolute Gasteiger partial charge is 0.329 e. The van der Waals surface area contributed by atoms with Gasteiger partial charge in [0, 0.05) is 19.6 Å². The fourth-order valence-electron chi connectivity index (χ4n) is 1.13. The molecule has 0 rings (SSSR count). The zero-order chi connectivity index (χ0) is 8.69. The summed E-state index contributed by atoms with van der Waals surface area (Å²) < 4.78 is 0. The summed E-state index contributed by atoms with van der Waals surface area (Å²) in [7, 11) is 0. The molecule has 0 aliphatic carbocycles. The Hall–Kier alpha value is -0.0800. The Balaban J connectivity index is 3.49. The van der Waals surface area contributed by atoms with Gasteiger partial charge in [-0.3, -0.25) is 0 Å². The van der Waals surface area contributed by atoms with E-state index in [1.54, 1.807) is 0 Å². The molecule has 0 bridgehead atoms. The van der Waals surface area contributed by atoms with Crippen molar-refractivity contribution in [3.05, 3.63) is 0 Å². The maximum Gasteiger partial charge on any atom is 0.0105 e. The summed E-state index contributed by atoms with van der Waals surface area (Å²) in [6.07, 6.45) is 1.26. The number of likely N-dealkylation sites (N-methyl/N-ethyl adjacent to an activating group) is 1. The van der Waals surface area contributed by atoms with Crippen molar-refractivity contribution in [2.24, 2.45) is 11.7 Å². The van der Waals surface area contributed by atoms with Crippen molar-refractivity contribution in [1.82, 2.24) is 4.90 Å². The molecule has 0 aromatic carbocycles. The van der Waals surface area contributed by atoms with Crippen LogP contribution in [0.25, 0.3) is 0 Å². The molecule has 1 atom stereocenters. The van der Waals surface area contributed by atoms with E-state index in [0.717, 1.165) is 25.6 Å². The van der Waals surface area contributed by atoms with Crippen LogP contribution in [0.5, 0.6) is 0 Å². The first kappa shape index (κ1) is 10.9. The molecule has 0 radical (unpaired) electrons. The van der Waals surface area contributed by atoms with Gasteiger partial charge in [-0.2, -0.15) is 0 Å². The van der Waals surface area contributed by atoms with Crippen LogP contribution in [0.2, 0.25) is 0 Å². The van der Waals surface area contributed by atoms with Crippen LogP contribution < -0.4 is 5.73 Å². The summed E-state index contributed by atoms with van der Waals surface area (Å²) >= 11 is 0. The highest BCUT2D eigenvalue weighted by Crippen LogP contribution is 2.02. The van der Waals surface area contributed by atoms with E-state index in [2.05, 4.69) is 25.7 Å². The van der Waals surface area contributed by atoms with Gasteiger partial charge in [-0.1, -0.05) is 27.2 Å². The van der Waals surface area contributed by atoms with Gasteiger partial charge in [-0.15, -0.1) is 0 Å². The minimum Gasteiger partial charge on any atom is -0.329 e. The number of hydrogen-bond donors (Lipinski definition) is 1. The van der Waals surface area contributed by atoms with Crippen LogP contribution >= 0.6 is 0 Å². The number of nitrogens with two attached hydrogens (primary N) is 1. The molecule has 2 heteroatoms. The summed E-state index contributed by atoms with van der Waals surface area (Å²) in [5, 5.41) is 0. The molecule has 0 heterocycles. The maximum absolute atomic E-state index is 5.48. The summed E-state index contributed by atoms with van der Waals surface area (Å²) in [5.74, 6) is 0.807. The van der Waals surface area contributed by atoms with Crippen molar-refractivity contribution in [3.63, 3.8) is 0 Å². The van der Waals surface area contributed by atoms with Gasteiger partial charge < -0.3 is 10.6 Å². The van der Waals surface area contributed by atoms with E-state index in [4.69, 9.17) is 5.73 Å². The molecule has 11 heavy (non-hydrogen) atoms. The average Bonchev–Trinajstić information content (AvgIpc) is 2.03. The van der Waals surface area contributed by atoms with Crippen LogP contribution in [0.4, 0.5) is 0 Å². The molecule has 0 spiro atoms. The molecular weight excluding hydrogens is 136 g/mol. The molecule has 2 nitrogen and oxygen atoms in total. The summed E-state index contributed by atoms with van der Waals surface area (Å²) in [5.41, 5.74) is 5.48. The van der Waals surface area contributed by atoms with E-state index in [0.29, 0.717) is 0 Å². The van der Waals surface area contributed by atoms with Crippen molar-refractivity contribution < 1.29 is 0 Å². The topological polar surface area (TPSA) is 29.3 Å². The monoisotopic (exact) mass is 158 g/mol. The van der Waals surface area contributed by atoms with Crippen LogP contribution in [0.3, 0.4) is 0 Å². The van der Waals surface area contributed by atoms with E-state index in [-0.39, 0.29) is 0 Å².